The van der Waals surface area contributed by atoms with Gasteiger partial charge in [-0.2, -0.15) is 13.2 Å². The summed E-state index contributed by atoms with van der Waals surface area (Å²) in [7, 11) is 0. The predicted octanol–water partition coefficient (Wildman–Crippen LogP) is 4.38. The fourth-order valence-electron chi connectivity index (χ4n) is 2.90. The van der Waals surface area contributed by atoms with Gasteiger partial charge in [0.05, 0.1) is 10.6 Å². The highest BCUT2D eigenvalue weighted by molar-refractivity contribution is 7.99. The average Bonchev–Trinajstić information content (AvgIpc) is 2.71. The van der Waals surface area contributed by atoms with Gasteiger partial charge < -0.3 is 15.1 Å². The fourth-order valence-corrected chi connectivity index (χ4v) is 3.97. The molecule has 10 heteroatoms. The molecule has 1 saturated heterocycles. The fraction of sp³-hybridized carbons (Fsp3) is 0.368. The third kappa shape index (κ3) is 5.93. The quantitative estimate of drug-likeness (QED) is 0.549. The molecular weight excluding hydrogens is 425 g/mol. The van der Waals surface area contributed by atoms with Gasteiger partial charge in [-0.25, -0.2) is 9.78 Å². The minimum absolute atomic E-state index is 0.0457. The van der Waals surface area contributed by atoms with Crippen LogP contribution in [0.4, 0.5) is 23.8 Å². The Labute approximate surface area is 176 Å². The maximum atomic E-state index is 12.7. The topological polar surface area (TPSA) is 48.5 Å². The van der Waals surface area contributed by atoms with Gasteiger partial charge in [-0.15, -0.1) is 11.8 Å². The number of urea groups is 1. The summed E-state index contributed by atoms with van der Waals surface area (Å²) in [6.07, 6.45) is -3.70. The van der Waals surface area contributed by atoms with E-state index in [1.54, 1.807) is 21.6 Å². The second-order valence-corrected chi connectivity index (χ2v) is 7.97. The lowest BCUT2D eigenvalue weighted by atomic mass is 10.2. The Bertz CT molecular complexity index is 830. The van der Waals surface area contributed by atoms with Gasteiger partial charge in [0.2, 0.25) is 0 Å². The summed E-state index contributed by atoms with van der Waals surface area (Å²) in [6, 6.07) is 10.7. The first kappa shape index (κ1) is 21.6. The van der Waals surface area contributed by atoms with Crippen LogP contribution < -0.4 is 10.2 Å². The van der Waals surface area contributed by atoms with Crippen LogP contribution >= 0.6 is 23.4 Å². The number of thioether (sulfide) groups is 1. The molecule has 1 N–H and O–H groups in total. The van der Waals surface area contributed by atoms with E-state index in [9.17, 15) is 18.0 Å². The van der Waals surface area contributed by atoms with E-state index in [2.05, 4.69) is 10.3 Å². The van der Waals surface area contributed by atoms with Crippen molar-refractivity contribution in [1.82, 2.24) is 15.2 Å². The minimum atomic E-state index is -4.48. The number of aromatic nitrogens is 1. The van der Waals surface area contributed by atoms with E-state index >= 15 is 0 Å². The summed E-state index contributed by atoms with van der Waals surface area (Å²) in [6.45, 7) is 2.33. The summed E-state index contributed by atoms with van der Waals surface area (Å²) < 4.78 is 38.2. The molecule has 0 spiro atoms. The van der Waals surface area contributed by atoms with E-state index in [1.165, 1.54) is 0 Å². The molecule has 2 aromatic rings. The summed E-state index contributed by atoms with van der Waals surface area (Å²) >= 11 is 7.67. The molecule has 156 valence electrons. The molecule has 0 atom stereocenters. The Morgan fingerprint density at radius 2 is 1.86 bits per heavy atom. The van der Waals surface area contributed by atoms with Gasteiger partial charge in [0.1, 0.15) is 5.82 Å². The minimum Gasteiger partial charge on any atom is -0.352 e. The van der Waals surface area contributed by atoms with Gasteiger partial charge in [-0.3, -0.25) is 0 Å². The van der Waals surface area contributed by atoms with Gasteiger partial charge in [-0.05, 0) is 18.2 Å². The summed E-state index contributed by atoms with van der Waals surface area (Å²) in [5.41, 5.74) is -0.877. The Morgan fingerprint density at radius 3 is 2.48 bits per heavy atom. The van der Waals surface area contributed by atoms with Gasteiger partial charge in [-0.1, -0.05) is 29.8 Å². The van der Waals surface area contributed by atoms with Crippen LogP contribution in [0.2, 0.25) is 5.02 Å². The van der Waals surface area contributed by atoms with Crippen LogP contribution in [-0.2, 0) is 6.18 Å². The van der Waals surface area contributed by atoms with Crippen molar-refractivity contribution in [3.63, 3.8) is 0 Å². The Hall–Kier alpha value is -2.13. The number of piperazine rings is 1. The van der Waals surface area contributed by atoms with Crippen LogP contribution in [0.25, 0.3) is 0 Å². The van der Waals surface area contributed by atoms with Crippen molar-refractivity contribution in [2.45, 2.75) is 11.1 Å². The number of carbonyl (C=O) groups is 1. The van der Waals surface area contributed by atoms with Crippen LogP contribution in [-0.4, -0.2) is 54.4 Å². The van der Waals surface area contributed by atoms with Crippen LogP contribution in [0.3, 0.4) is 0 Å². The molecule has 0 unspecified atom stereocenters. The predicted molar refractivity (Wildman–Crippen MR) is 109 cm³/mol. The highest BCUT2D eigenvalue weighted by Gasteiger charge is 2.32. The first-order valence-electron chi connectivity index (χ1n) is 9.03. The summed E-state index contributed by atoms with van der Waals surface area (Å²) in [4.78, 5) is 20.8. The number of nitrogens with one attached hydrogen (secondary N) is 1. The number of benzene rings is 1. The molecule has 1 aliphatic heterocycles. The molecule has 1 aromatic carbocycles. The van der Waals surface area contributed by atoms with E-state index in [1.807, 2.05) is 30.3 Å². The van der Waals surface area contributed by atoms with Gasteiger partial charge in [0.15, 0.2) is 0 Å². The average molecular weight is 445 g/mol. The molecule has 0 aliphatic carbocycles. The van der Waals surface area contributed by atoms with Crippen molar-refractivity contribution in [2.24, 2.45) is 0 Å². The molecule has 3 rings (SSSR count). The standard InChI is InChI=1S/C19H20ClF3N4OS/c20-16-12-14(19(21,22)23)13-25-17(16)26-7-9-27(10-8-26)18(28)24-6-11-29-15-4-2-1-3-5-15/h1-5,12-13H,6-11H2,(H,24,28). The molecule has 5 nitrogen and oxygen atoms in total. The zero-order chi connectivity index (χ0) is 20.9. The van der Waals surface area contributed by atoms with E-state index in [0.29, 0.717) is 38.5 Å². The monoisotopic (exact) mass is 444 g/mol. The lowest BCUT2D eigenvalue weighted by molar-refractivity contribution is -0.137. The molecule has 1 aliphatic rings. The highest BCUT2D eigenvalue weighted by atomic mass is 35.5. The number of pyridine rings is 1. The first-order valence-corrected chi connectivity index (χ1v) is 10.4. The van der Waals surface area contributed by atoms with Crippen LogP contribution in [0, 0.1) is 0 Å². The molecule has 1 aromatic heterocycles. The van der Waals surface area contributed by atoms with Crippen LogP contribution in [0.5, 0.6) is 0 Å². The first-order chi connectivity index (χ1) is 13.8. The molecule has 0 bridgehead atoms. The summed E-state index contributed by atoms with van der Waals surface area (Å²) in [5, 5.41) is 2.85. The molecule has 0 saturated carbocycles. The lowest BCUT2D eigenvalue weighted by Crippen LogP contribution is -2.52. The molecular formula is C19H20ClF3N4OS. The van der Waals surface area contributed by atoms with Crippen molar-refractivity contribution in [1.29, 1.82) is 0 Å². The Kier molecular flexibility index (Phi) is 7.13. The maximum absolute atomic E-state index is 12.7. The van der Waals surface area contributed by atoms with Gasteiger partial charge >= 0.3 is 12.2 Å². The number of anilines is 1. The van der Waals surface area contributed by atoms with Crippen LogP contribution in [0.1, 0.15) is 5.56 Å². The lowest BCUT2D eigenvalue weighted by Gasteiger charge is -2.35. The van der Waals surface area contributed by atoms with E-state index < -0.39 is 11.7 Å². The number of rotatable bonds is 5. The number of hydrogen-bond acceptors (Lipinski definition) is 4. The zero-order valence-corrected chi connectivity index (χ0v) is 17.0. The van der Waals surface area contributed by atoms with Crippen molar-refractivity contribution in [3.05, 3.63) is 53.2 Å². The van der Waals surface area contributed by atoms with Crippen molar-refractivity contribution in [3.8, 4) is 0 Å². The highest BCUT2D eigenvalue weighted by Crippen LogP contribution is 2.33. The third-order valence-electron chi connectivity index (χ3n) is 4.41. The van der Waals surface area contributed by atoms with E-state index in [0.717, 1.165) is 22.9 Å². The Morgan fingerprint density at radius 1 is 1.17 bits per heavy atom. The molecule has 2 amide bonds. The number of carbonyl (C=O) groups excluding carboxylic acids is 1. The molecule has 2 heterocycles. The molecule has 1 fully saturated rings. The summed E-state index contributed by atoms with van der Waals surface area (Å²) in [5.74, 6) is 1.07. The number of hydrogen-bond donors (Lipinski definition) is 1. The number of halogens is 4. The normalized spacial score (nSPS) is 14.8. The molecule has 29 heavy (non-hydrogen) atoms. The van der Waals surface area contributed by atoms with Gasteiger partial charge in [0, 0.05) is 49.6 Å². The SMILES string of the molecule is O=C(NCCSc1ccccc1)N1CCN(c2ncc(C(F)(F)F)cc2Cl)CC1. The van der Waals surface area contributed by atoms with E-state index in [4.69, 9.17) is 11.6 Å². The van der Waals surface area contributed by atoms with E-state index in [-0.39, 0.29) is 11.1 Å². The van der Waals surface area contributed by atoms with Gasteiger partial charge in [0.25, 0.3) is 0 Å². The number of amides is 2. The number of nitrogens with zero attached hydrogens (tertiary/aromatic N) is 3. The third-order valence-corrected chi connectivity index (χ3v) is 5.70. The molecule has 0 radical (unpaired) electrons. The van der Waals surface area contributed by atoms with Crippen molar-refractivity contribution < 1.29 is 18.0 Å². The van der Waals surface area contributed by atoms with Crippen molar-refractivity contribution in [2.75, 3.05) is 43.4 Å². The second-order valence-electron chi connectivity index (χ2n) is 6.39. The smallest absolute Gasteiger partial charge is 0.352 e. The second kappa shape index (κ2) is 9.58. The van der Waals surface area contributed by atoms with Crippen LogP contribution in [0.15, 0.2) is 47.5 Å². The zero-order valence-electron chi connectivity index (χ0n) is 15.5. The van der Waals surface area contributed by atoms with Crippen molar-refractivity contribution >= 4 is 35.2 Å². The maximum Gasteiger partial charge on any atom is 0.417 e. The Balaban J connectivity index is 1.44. The number of alkyl halides is 3. The largest absolute Gasteiger partial charge is 0.417 e.